The van der Waals surface area contributed by atoms with Crippen LogP contribution in [0.4, 0.5) is 0 Å². The number of phenols is 1. The molecule has 0 spiro atoms. The third-order valence-electron chi connectivity index (χ3n) is 3.30. The molecule has 0 atom stereocenters. The molecule has 0 aliphatic carbocycles. The molecule has 3 rings (SSSR count). The standard InChI is InChI=1S/C14H14N2O2/c17-12-3-1-2-10(8-12)14(18)16-7-5-13-11(9-16)4-6-15-13/h1-4,6,8,15,17H,5,7,9H2. The van der Waals surface area contributed by atoms with Crippen molar-refractivity contribution in [3.8, 4) is 5.75 Å². The molecule has 2 heterocycles. The Morgan fingerprint density at radius 3 is 3.06 bits per heavy atom. The zero-order chi connectivity index (χ0) is 12.5. The van der Waals surface area contributed by atoms with Gasteiger partial charge in [-0.05, 0) is 29.8 Å². The molecule has 1 aliphatic rings. The lowest BCUT2D eigenvalue weighted by atomic mass is 10.1. The minimum atomic E-state index is -0.0299. The Morgan fingerprint density at radius 2 is 2.22 bits per heavy atom. The maximum absolute atomic E-state index is 12.3. The Hall–Kier alpha value is -2.23. The van der Waals surface area contributed by atoms with Crippen LogP contribution in [0, 0.1) is 0 Å². The van der Waals surface area contributed by atoms with Gasteiger partial charge < -0.3 is 15.0 Å². The van der Waals surface area contributed by atoms with E-state index in [1.807, 2.05) is 17.2 Å². The van der Waals surface area contributed by atoms with Crippen molar-refractivity contribution >= 4 is 5.91 Å². The number of nitrogens with zero attached hydrogens (tertiary/aromatic N) is 1. The summed E-state index contributed by atoms with van der Waals surface area (Å²) in [5.74, 6) is 0.0953. The topological polar surface area (TPSA) is 56.3 Å². The maximum atomic E-state index is 12.3. The second-order valence-electron chi connectivity index (χ2n) is 4.51. The smallest absolute Gasteiger partial charge is 0.254 e. The number of aromatic hydroxyl groups is 1. The molecule has 1 aliphatic heterocycles. The molecule has 2 N–H and O–H groups in total. The molecule has 2 aromatic rings. The average Bonchev–Trinajstić information content (AvgIpc) is 2.85. The number of hydrogen-bond donors (Lipinski definition) is 2. The van der Waals surface area contributed by atoms with Gasteiger partial charge in [-0.25, -0.2) is 0 Å². The largest absolute Gasteiger partial charge is 0.508 e. The van der Waals surface area contributed by atoms with Crippen LogP contribution < -0.4 is 0 Å². The van der Waals surface area contributed by atoms with E-state index in [9.17, 15) is 9.90 Å². The molecule has 0 saturated carbocycles. The van der Waals surface area contributed by atoms with Crippen LogP contribution in [0.5, 0.6) is 5.75 Å². The van der Waals surface area contributed by atoms with Crippen LogP contribution in [0.2, 0.25) is 0 Å². The number of carbonyl (C=O) groups excluding carboxylic acids is 1. The highest BCUT2D eigenvalue weighted by Crippen LogP contribution is 2.20. The third kappa shape index (κ3) is 1.86. The molecule has 1 amide bonds. The molecular formula is C14H14N2O2. The number of aromatic nitrogens is 1. The fraction of sp³-hybridized carbons (Fsp3) is 0.214. The number of amides is 1. The molecular weight excluding hydrogens is 228 g/mol. The van der Waals surface area contributed by atoms with E-state index < -0.39 is 0 Å². The van der Waals surface area contributed by atoms with Crippen LogP contribution in [-0.2, 0) is 13.0 Å². The fourth-order valence-corrected chi connectivity index (χ4v) is 2.34. The third-order valence-corrected chi connectivity index (χ3v) is 3.30. The van der Waals surface area contributed by atoms with Gasteiger partial charge in [-0.2, -0.15) is 0 Å². The molecule has 1 aromatic heterocycles. The highest BCUT2D eigenvalue weighted by molar-refractivity contribution is 5.94. The summed E-state index contributed by atoms with van der Waals surface area (Å²) in [6, 6.07) is 8.51. The van der Waals surface area contributed by atoms with E-state index in [0.717, 1.165) is 6.42 Å². The summed E-state index contributed by atoms with van der Waals surface area (Å²) in [5.41, 5.74) is 2.93. The molecule has 0 bridgehead atoms. The van der Waals surface area contributed by atoms with Crippen molar-refractivity contribution < 1.29 is 9.90 Å². The minimum Gasteiger partial charge on any atom is -0.508 e. The number of carbonyl (C=O) groups is 1. The predicted molar refractivity (Wildman–Crippen MR) is 67.3 cm³/mol. The summed E-state index contributed by atoms with van der Waals surface area (Å²) in [5, 5.41) is 9.41. The van der Waals surface area contributed by atoms with E-state index in [-0.39, 0.29) is 11.7 Å². The van der Waals surface area contributed by atoms with Crippen molar-refractivity contribution in [3.05, 3.63) is 53.3 Å². The minimum absolute atomic E-state index is 0.0299. The van der Waals surface area contributed by atoms with Crippen LogP contribution in [0.15, 0.2) is 36.5 Å². The number of phenolic OH excluding ortho intramolecular Hbond substituents is 1. The number of hydrogen-bond acceptors (Lipinski definition) is 2. The highest BCUT2D eigenvalue weighted by Gasteiger charge is 2.22. The van der Waals surface area contributed by atoms with Crippen molar-refractivity contribution in [2.75, 3.05) is 6.54 Å². The Kier molecular flexibility index (Phi) is 2.55. The van der Waals surface area contributed by atoms with Crippen molar-refractivity contribution in [1.82, 2.24) is 9.88 Å². The van der Waals surface area contributed by atoms with Crippen LogP contribution in [0.3, 0.4) is 0 Å². The Labute approximate surface area is 105 Å². The van der Waals surface area contributed by atoms with Crippen LogP contribution >= 0.6 is 0 Å². The molecule has 0 saturated heterocycles. The molecule has 18 heavy (non-hydrogen) atoms. The summed E-state index contributed by atoms with van der Waals surface area (Å²) in [4.78, 5) is 17.3. The number of fused-ring (bicyclic) bond motifs is 1. The maximum Gasteiger partial charge on any atom is 0.254 e. The van der Waals surface area contributed by atoms with Crippen LogP contribution in [0.1, 0.15) is 21.6 Å². The first-order valence-corrected chi connectivity index (χ1v) is 5.97. The second kappa shape index (κ2) is 4.22. The summed E-state index contributed by atoms with van der Waals surface area (Å²) >= 11 is 0. The number of benzene rings is 1. The molecule has 92 valence electrons. The van der Waals surface area contributed by atoms with E-state index in [1.165, 1.54) is 17.3 Å². The van der Waals surface area contributed by atoms with Gasteiger partial charge in [0.05, 0.1) is 0 Å². The lowest BCUT2D eigenvalue weighted by molar-refractivity contribution is 0.0734. The molecule has 0 fully saturated rings. The summed E-state index contributed by atoms with van der Waals surface area (Å²) in [6.45, 7) is 1.34. The van der Waals surface area contributed by atoms with Gasteiger partial charge in [-0.3, -0.25) is 4.79 Å². The second-order valence-corrected chi connectivity index (χ2v) is 4.51. The zero-order valence-electron chi connectivity index (χ0n) is 9.89. The van der Waals surface area contributed by atoms with Gasteiger partial charge in [-0.15, -0.1) is 0 Å². The molecule has 0 radical (unpaired) electrons. The number of aromatic amines is 1. The van der Waals surface area contributed by atoms with Gasteiger partial charge in [0.15, 0.2) is 0 Å². The van der Waals surface area contributed by atoms with Gasteiger partial charge in [0, 0.05) is 37.0 Å². The monoisotopic (exact) mass is 242 g/mol. The predicted octanol–water partition coefficient (Wildman–Crippen LogP) is 1.92. The SMILES string of the molecule is O=C(c1cccc(O)c1)N1CCc2[nH]ccc2C1. The lowest BCUT2D eigenvalue weighted by Gasteiger charge is -2.27. The van der Waals surface area contributed by atoms with Crippen molar-refractivity contribution in [2.45, 2.75) is 13.0 Å². The van der Waals surface area contributed by atoms with Gasteiger partial charge in [0.1, 0.15) is 5.75 Å². The first kappa shape index (κ1) is 10.9. The van der Waals surface area contributed by atoms with Gasteiger partial charge in [-0.1, -0.05) is 6.07 Å². The normalized spacial score (nSPS) is 14.3. The van der Waals surface area contributed by atoms with E-state index >= 15 is 0 Å². The Balaban J connectivity index is 1.83. The Morgan fingerprint density at radius 1 is 1.33 bits per heavy atom. The van der Waals surface area contributed by atoms with Gasteiger partial charge >= 0.3 is 0 Å². The zero-order valence-corrected chi connectivity index (χ0v) is 9.89. The number of H-pyrrole nitrogens is 1. The average molecular weight is 242 g/mol. The fourth-order valence-electron chi connectivity index (χ4n) is 2.34. The van der Waals surface area contributed by atoms with E-state index in [4.69, 9.17) is 0 Å². The van der Waals surface area contributed by atoms with Gasteiger partial charge in [0.25, 0.3) is 5.91 Å². The quantitative estimate of drug-likeness (QED) is 0.802. The molecule has 0 unspecified atom stereocenters. The summed E-state index contributed by atoms with van der Waals surface area (Å²) < 4.78 is 0. The number of nitrogens with one attached hydrogen (secondary N) is 1. The Bertz CT molecular complexity index is 589. The van der Waals surface area contributed by atoms with Crippen molar-refractivity contribution in [2.24, 2.45) is 0 Å². The molecule has 1 aromatic carbocycles. The van der Waals surface area contributed by atoms with Crippen molar-refractivity contribution in [1.29, 1.82) is 0 Å². The highest BCUT2D eigenvalue weighted by atomic mass is 16.3. The van der Waals surface area contributed by atoms with E-state index in [2.05, 4.69) is 4.98 Å². The van der Waals surface area contributed by atoms with Gasteiger partial charge in [0.2, 0.25) is 0 Å². The number of rotatable bonds is 1. The van der Waals surface area contributed by atoms with Crippen LogP contribution in [-0.4, -0.2) is 27.4 Å². The molecule has 4 heteroatoms. The van der Waals surface area contributed by atoms with Crippen molar-refractivity contribution in [3.63, 3.8) is 0 Å². The van der Waals surface area contributed by atoms with Crippen LogP contribution in [0.25, 0.3) is 0 Å². The van der Waals surface area contributed by atoms with E-state index in [0.29, 0.717) is 18.7 Å². The van der Waals surface area contributed by atoms with E-state index in [1.54, 1.807) is 18.2 Å². The first-order chi connectivity index (χ1) is 8.74. The first-order valence-electron chi connectivity index (χ1n) is 5.97. The lowest BCUT2D eigenvalue weighted by Crippen LogP contribution is -2.35. The molecule has 4 nitrogen and oxygen atoms in total. The summed E-state index contributed by atoms with van der Waals surface area (Å²) in [7, 11) is 0. The summed E-state index contributed by atoms with van der Waals surface area (Å²) in [6.07, 6.45) is 2.76.